The standard InChI is InChI=1S/C11H7BrClNO3/c1-17-11(16)9-8(12)10(15)6-4-5(13)2-3-7(6)14-9/h2-4H,1H3,(H,14,15). The highest BCUT2D eigenvalue weighted by atomic mass is 79.9. The van der Waals surface area contributed by atoms with Crippen LogP contribution in [0.3, 0.4) is 0 Å². The SMILES string of the molecule is COC(=O)c1[nH]c2ccc(Cl)cc2c(=O)c1Br. The molecule has 0 fully saturated rings. The summed E-state index contributed by atoms with van der Waals surface area (Å²) in [6.07, 6.45) is 0. The van der Waals surface area contributed by atoms with Crippen LogP contribution in [0.2, 0.25) is 5.02 Å². The number of benzene rings is 1. The highest BCUT2D eigenvalue weighted by Crippen LogP contribution is 2.19. The van der Waals surface area contributed by atoms with Crippen molar-refractivity contribution >= 4 is 44.4 Å². The molecular weight excluding hydrogens is 309 g/mol. The van der Waals surface area contributed by atoms with Gasteiger partial charge in [-0.25, -0.2) is 4.79 Å². The Balaban J connectivity index is 2.84. The first kappa shape index (κ1) is 12.1. The van der Waals surface area contributed by atoms with Crippen molar-refractivity contribution in [3.8, 4) is 0 Å². The summed E-state index contributed by atoms with van der Waals surface area (Å²) in [4.78, 5) is 26.3. The number of carbonyl (C=O) groups excluding carboxylic acids is 1. The summed E-state index contributed by atoms with van der Waals surface area (Å²) in [5, 5.41) is 0.873. The molecule has 0 spiro atoms. The van der Waals surface area contributed by atoms with Crippen LogP contribution >= 0.6 is 27.5 Å². The number of hydrogen-bond donors (Lipinski definition) is 1. The van der Waals surface area contributed by atoms with Gasteiger partial charge in [-0.15, -0.1) is 0 Å². The fourth-order valence-electron chi connectivity index (χ4n) is 1.48. The Morgan fingerprint density at radius 3 is 2.82 bits per heavy atom. The van der Waals surface area contributed by atoms with Crippen molar-refractivity contribution in [2.24, 2.45) is 0 Å². The van der Waals surface area contributed by atoms with Crippen molar-refractivity contribution in [1.82, 2.24) is 4.98 Å². The summed E-state index contributed by atoms with van der Waals surface area (Å²) in [6.45, 7) is 0. The molecule has 1 aromatic heterocycles. The molecule has 2 rings (SSSR count). The molecule has 1 aromatic carbocycles. The number of aromatic amines is 1. The first-order valence-electron chi connectivity index (χ1n) is 4.64. The number of pyridine rings is 1. The van der Waals surface area contributed by atoms with E-state index in [0.29, 0.717) is 15.9 Å². The summed E-state index contributed by atoms with van der Waals surface area (Å²) in [5.41, 5.74) is 0.317. The van der Waals surface area contributed by atoms with E-state index in [4.69, 9.17) is 11.6 Å². The number of rotatable bonds is 1. The number of nitrogens with one attached hydrogen (secondary N) is 1. The van der Waals surface area contributed by atoms with E-state index in [2.05, 4.69) is 25.7 Å². The van der Waals surface area contributed by atoms with Crippen LogP contribution in [0.4, 0.5) is 0 Å². The molecule has 0 bridgehead atoms. The molecule has 0 unspecified atom stereocenters. The van der Waals surface area contributed by atoms with Gasteiger partial charge in [0, 0.05) is 10.4 Å². The van der Waals surface area contributed by atoms with Crippen LogP contribution in [0.1, 0.15) is 10.5 Å². The van der Waals surface area contributed by atoms with Crippen molar-refractivity contribution in [3.05, 3.63) is 43.6 Å². The molecule has 0 atom stereocenters. The number of esters is 1. The number of methoxy groups -OCH3 is 1. The number of halogens is 2. The average Bonchev–Trinajstić information content (AvgIpc) is 2.33. The van der Waals surface area contributed by atoms with Gasteiger partial charge in [0.05, 0.1) is 17.1 Å². The summed E-state index contributed by atoms with van der Waals surface area (Å²) in [5.74, 6) is -0.606. The summed E-state index contributed by atoms with van der Waals surface area (Å²) >= 11 is 8.89. The monoisotopic (exact) mass is 315 g/mol. The minimum Gasteiger partial charge on any atom is -0.464 e. The third-order valence-electron chi connectivity index (χ3n) is 2.29. The lowest BCUT2D eigenvalue weighted by Gasteiger charge is -2.05. The van der Waals surface area contributed by atoms with Crippen LogP contribution in [0.25, 0.3) is 10.9 Å². The van der Waals surface area contributed by atoms with Gasteiger partial charge in [0.2, 0.25) is 5.43 Å². The molecule has 17 heavy (non-hydrogen) atoms. The first-order valence-corrected chi connectivity index (χ1v) is 5.81. The van der Waals surface area contributed by atoms with Gasteiger partial charge in [-0.3, -0.25) is 4.79 Å². The fraction of sp³-hybridized carbons (Fsp3) is 0.0909. The number of aromatic nitrogens is 1. The largest absolute Gasteiger partial charge is 0.464 e. The van der Waals surface area contributed by atoms with E-state index in [-0.39, 0.29) is 15.6 Å². The number of fused-ring (bicyclic) bond motifs is 1. The van der Waals surface area contributed by atoms with Crippen LogP contribution in [0, 0.1) is 0 Å². The minimum absolute atomic E-state index is 0.0901. The zero-order valence-electron chi connectivity index (χ0n) is 8.71. The number of hydrogen-bond acceptors (Lipinski definition) is 3. The molecule has 0 radical (unpaired) electrons. The van der Waals surface area contributed by atoms with Gasteiger partial charge in [0.15, 0.2) is 0 Å². The number of carbonyl (C=O) groups is 1. The second-order valence-corrected chi connectivity index (χ2v) is 4.55. The van der Waals surface area contributed by atoms with Crippen LogP contribution in [0.5, 0.6) is 0 Å². The maximum absolute atomic E-state index is 12.0. The minimum atomic E-state index is -0.606. The fourth-order valence-corrected chi connectivity index (χ4v) is 2.12. The Morgan fingerprint density at radius 2 is 2.18 bits per heavy atom. The highest BCUT2D eigenvalue weighted by molar-refractivity contribution is 9.10. The van der Waals surface area contributed by atoms with Crippen molar-refractivity contribution < 1.29 is 9.53 Å². The Morgan fingerprint density at radius 1 is 1.47 bits per heavy atom. The third kappa shape index (κ3) is 2.08. The van der Waals surface area contributed by atoms with E-state index < -0.39 is 5.97 Å². The maximum Gasteiger partial charge on any atom is 0.355 e. The van der Waals surface area contributed by atoms with E-state index in [1.165, 1.54) is 7.11 Å². The molecule has 0 amide bonds. The third-order valence-corrected chi connectivity index (χ3v) is 3.29. The van der Waals surface area contributed by atoms with Crippen LogP contribution in [0.15, 0.2) is 27.5 Å². The molecule has 0 saturated carbocycles. The predicted octanol–water partition coefficient (Wildman–Crippen LogP) is 2.73. The van der Waals surface area contributed by atoms with E-state index in [1.807, 2.05) is 0 Å². The van der Waals surface area contributed by atoms with E-state index >= 15 is 0 Å². The average molecular weight is 317 g/mol. The van der Waals surface area contributed by atoms with Crippen LogP contribution < -0.4 is 5.43 Å². The van der Waals surface area contributed by atoms with Gasteiger partial charge in [-0.2, -0.15) is 0 Å². The molecule has 2 aromatic rings. The van der Waals surface area contributed by atoms with E-state index in [0.717, 1.165) is 0 Å². The van der Waals surface area contributed by atoms with Crippen LogP contribution in [-0.2, 0) is 4.74 Å². The zero-order chi connectivity index (χ0) is 12.6. The van der Waals surface area contributed by atoms with Gasteiger partial charge < -0.3 is 9.72 Å². The lowest BCUT2D eigenvalue weighted by molar-refractivity contribution is 0.0593. The van der Waals surface area contributed by atoms with Crippen LogP contribution in [-0.4, -0.2) is 18.1 Å². The lowest BCUT2D eigenvalue weighted by Crippen LogP contribution is -2.14. The van der Waals surface area contributed by atoms with Crippen molar-refractivity contribution in [1.29, 1.82) is 0 Å². The molecule has 0 aliphatic carbocycles. The quantitative estimate of drug-likeness (QED) is 0.823. The van der Waals surface area contributed by atoms with Gasteiger partial charge in [-0.1, -0.05) is 11.6 Å². The zero-order valence-corrected chi connectivity index (χ0v) is 11.1. The molecule has 0 saturated heterocycles. The Bertz CT molecular complexity index is 666. The normalized spacial score (nSPS) is 10.5. The van der Waals surface area contributed by atoms with E-state index in [1.54, 1.807) is 18.2 Å². The van der Waals surface area contributed by atoms with Gasteiger partial charge in [0.1, 0.15) is 5.69 Å². The summed E-state index contributed by atoms with van der Waals surface area (Å²) in [6, 6.07) is 4.81. The molecule has 1 N–H and O–H groups in total. The summed E-state index contributed by atoms with van der Waals surface area (Å²) in [7, 11) is 1.25. The molecular formula is C11H7BrClNO3. The summed E-state index contributed by atoms with van der Waals surface area (Å²) < 4.78 is 4.72. The maximum atomic E-state index is 12.0. The predicted molar refractivity (Wildman–Crippen MR) is 68.6 cm³/mol. The van der Waals surface area contributed by atoms with Crippen molar-refractivity contribution in [2.45, 2.75) is 0 Å². The van der Waals surface area contributed by atoms with Crippen molar-refractivity contribution in [2.75, 3.05) is 7.11 Å². The number of H-pyrrole nitrogens is 1. The Hall–Kier alpha value is -1.33. The smallest absolute Gasteiger partial charge is 0.355 e. The van der Waals surface area contributed by atoms with Gasteiger partial charge >= 0.3 is 5.97 Å². The molecule has 1 heterocycles. The second-order valence-electron chi connectivity index (χ2n) is 3.32. The first-order chi connectivity index (χ1) is 8.04. The molecule has 0 aliphatic heterocycles. The molecule has 0 aliphatic rings. The Kier molecular flexibility index (Phi) is 3.22. The van der Waals surface area contributed by atoms with Gasteiger partial charge in [0.25, 0.3) is 0 Å². The second kappa shape index (κ2) is 4.50. The van der Waals surface area contributed by atoms with Gasteiger partial charge in [-0.05, 0) is 34.1 Å². The molecule has 4 nitrogen and oxygen atoms in total. The molecule has 6 heteroatoms. The lowest BCUT2D eigenvalue weighted by atomic mass is 10.2. The topological polar surface area (TPSA) is 59.2 Å². The molecule has 88 valence electrons. The van der Waals surface area contributed by atoms with E-state index in [9.17, 15) is 9.59 Å². The Labute approximate surface area is 110 Å². The number of ether oxygens (including phenoxy) is 1. The highest BCUT2D eigenvalue weighted by Gasteiger charge is 2.16. The van der Waals surface area contributed by atoms with Crippen molar-refractivity contribution in [3.63, 3.8) is 0 Å².